The summed E-state index contributed by atoms with van der Waals surface area (Å²) in [5, 5.41) is 9.50. The molecule has 2 saturated heterocycles. The number of fused-ring (bicyclic) bond motifs is 1. The molecule has 3 atom stereocenters. The van der Waals surface area contributed by atoms with Gasteiger partial charge in [-0.05, 0) is 62.2 Å². The minimum atomic E-state index is -0.713. The molecule has 11 heteroatoms. The van der Waals surface area contributed by atoms with Gasteiger partial charge in [-0.15, -0.1) is 0 Å². The van der Waals surface area contributed by atoms with E-state index in [1.54, 1.807) is 12.0 Å². The summed E-state index contributed by atoms with van der Waals surface area (Å²) in [7, 11) is 3.70. The summed E-state index contributed by atoms with van der Waals surface area (Å²) in [5.41, 5.74) is 3.04. The Bertz CT molecular complexity index is 1410. The van der Waals surface area contributed by atoms with Crippen LogP contribution in [0.3, 0.4) is 0 Å². The summed E-state index contributed by atoms with van der Waals surface area (Å²) in [6, 6.07) is 8.08. The monoisotopic (exact) mass is 588 g/mol. The molecule has 228 valence electrons. The number of hydrogen-bond donors (Lipinski definition) is 0. The van der Waals surface area contributed by atoms with Crippen molar-refractivity contribution in [2.45, 2.75) is 63.8 Å². The van der Waals surface area contributed by atoms with Crippen molar-refractivity contribution in [2.24, 2.45) is 0 Å². The number of likely N-dealkylation sites (tertiary alicyclic amines) is 1. The van der Waals surface area contributed by atoms with Crippen LogP contribution in [0.25, 0.3) is 0 Å². The van der Waals surface area contributed by atoms with Crippen LogP contribution in [0.15, 0.2) is 30.9 Å². The van der Waals surface area contributed by atoms with Crippen LogP contribution in [0.1, 0.15) is 53.4 Å². The Hall–Kier alpha value is -4.01. The van der Waals surface area contributed by atoms with Crippen molar-refractivity contribution < 1.29 is 23.8 Å². The number of likely N-dealkylation sites (N-methyl/N-ethyl adjacent to an activating group) is 1. The van der Waals surface area contributed by atoms with Crippen LogP contribution in [0.4, 0.5) is 5.82 Å². The van der Waals surface area contributed by atoms with E-state index in [1.807, 2.05) is 30.0 Å². The van der Waals surface area contributed by atoms with Crippen molar-refractivity contribution in [2.75, 3.05) is 51.8 Å². The number of anilines is 1. The summed E-state index contributed by atoms with van der Waals surface area (Å²) >= 11 is 0. The minimum Gasteiger partial charge on any atom is -0.497 e. The molecular weight excluding hydrogens is 548 g/mol. The zero-order chi connectivity index (χ0) is 30.5. The molecular formula is C32H40N6O5. The van der Waals surface area contributed by atoms with Gasteiger partial charge in [-0.2, -0.15) is 15.2 Å². The van der Waals surface area contributed by atoms with Gasteiger partial charge in [0, 0.05) is 37.7 Å². The van der Waals surface area contributed by atoms with Crippen molar-refractivity contribution in [3.05, 3.63) is 53.2 Å². The highest BCUT2D eigenvalue weighted by atomic mass is 16.5. The van der Waals surface area contributed by atoms with Gasteiger partial charge in [-0.3, -0.25) is 9.59 Å². The number of amides is 1. The minimum absolute atomic E-state index is 0.148. The molecule has 43 heavy (non-hydrogen) atoms. The Morgan fingerprint density at radius 1 is 1.21 bits per heavy atom. The van der Waals surface area contributed by atoms with E-state index in [1.165, 1.54) is 6.08 Å². The van der Waals surface area contributed by atoms with Gasteiger partial charge in [-0.1, -0.05) is 19.6 Å². The SMILES string of the molecule is C=CC(=O)N1CCN(c2nc(OCC3CCCN3C)nc(C(=O)[C@H]3Cc4cc(OC)ccc4CO3)c2CC)CC1CC#N. The number of aromatic nitrogens is 2. The molecule has 3 aliphatic heterocycles. The van der Waals surface area contributed by atoms with E-state index < -0.39 is 6.10 Å². The zero-order valence-corrected chi connectivity index (χ0v) is 25.3. The molecule has 4 heterocycles. The van der Waals surface area contributed by atoms with Gasteiger partial charge in [0.2, 0.25) is 11.7 Å². The summed E-state index contributed by atoms with van der Waals surface area (Å²) in [6.45, 7) is 8.62. The standard InChI is InChI=1S/C32H40N6O5/c1-5-26-29(30(40)27-17-22-16-25(41-4)10-9-21(22)19-42-27)34-32(43-20-24-8-7-13-36(24)3)35-31(26)37-14-15-38(28(39)6-2)23(18-37)11-12-33/h6,9-10,16,23-24,27H,2,5,7-8,11,13-15,17-20H2,1,3-4H3/t23?,24?,27-/m1/s1. The Balaban J connectivity index is 1.48. The van der Waals surface area contributed by atoms with Gasteiger partial charge in [0.15, 0.2) is 0 Å². The van der Waals surface area contributed by atoms with Crippen molar-refractivity contribution >= 4 is 17.5 Å². The maximum Gasteiger partial charge on any atom is 0.319 e. The van der Waals surface area contributed by atoms with E-state index in [0.717, 1.165) is 36.3 Å². The zero-order valence-electron chi connectivity index (χ0n) is 25.3. The number of hydrogen-bond acceptors (Lipinski definition) is 10. The van der Waals surface area contributed by atoms with E-state index in [2.05, 4.69) is 24.6 Å². The number of piperazine rings is 1. The van der Waals surface area contributed by atoms with Crippen molar-refractivity contribution in [1.29, 1.82) is 5.26 Å². The largest absolute Gasteiger partial charge is 0.497 e. The van der Waals surface area contributed by atoms with Crippen LogP contribution in [0, 0.1) is 11.3 Å². The molecule has 2 unspecified atom stereocenters. The maximum absolute atomic E-state index is 14.2. The van der Waals surface area contributed by atoms with Gasteiger partial charge < -0.3 is 28.9 Å². The molecule has 1 aromatic heterocycles. The quantitative estimate of drug-likeness (QED) is 0.303. The van der Waals surface area contributed by atoms with Crippen molar-refractivity contribution in [1.82, 2.24) is 19.8 Å². The maximum atomic E-state index is 14.2. The Kier molecular flexibility index (Phi) is 9.58. The molecule has 3 aliphatic rings. The number of nitriles is 1. The fourth-order valence-corrected chi connectivity index (χ4v) is 6.23. The molecule has 1 aromatic carbocycles. The average Bonchev–Trinajstić information content (AvgIpc) is 3.46. The first kappa shape index (κ1) is 30.4. The fraction of sp³-hybridized carbons (Fsp3) is 0.531. The summed E-state index contributed by atoms with van der Waals surface area (Å²) < 4.78 is 17.7. The predicted molar refractivity (Wildman–Crippen MR) is 160 cm³/mol. The van der Waals surface area contributed by atoms with Crippen LogP contribution in [0.2, 0.25) is 0 Å². The smallest absolute Gasteiger partial charge is 0.319 e. The lowest BCUT2D eigenvalue weighted by Gasteiger charge is -2.41. The van der Waals surface area contributed by atoms with Crippen LogP contribution in [-0.2, 0) is 29.0 Å². The van der Waals surface area contributed by atoms with Gasteiger partial charge in [-0.25, -0.2) is 0 Å². The van der Waals surface area contributed by atoms with E-state index >= 15 is 0 Å². The highest BCUT2D eigenvalue weighted by Crippen LogP contribution is 2.31. The van der Waals surface area contributed by atoms with Gasteiger partial charge in [0.25, 0.3) is 0 Å². The number of Topliss-reactive ketones (excluding diaryl/α,β-unsaturated/α-hetero) is 1. The van der Waals surface area contributed by atoms with E-state index in [0.29, 0.717) is 62.8 Å². The predicted octanol–water partition coefficient (Wildman–Crippen LogP) is 2.96. The normalized spacial score (nSPS) is 22.0. The third kappa shape index (κ3) is 6.50. The second-order valence-electron chi connectivity index (χ2n) is 11.3. The van der Waals surface area contributed by atoms with Crippen LogP contribution in [0.5, 0.6) is 11.8 Å². The van der Waals surface area contributed by atoms with Gasteiger partial charge in [0.05, 0.1) is 32.2 Å². The lowest BCUT2D eigenvalue weighted by atomic mass is 9.94. The van der Waals surface area contributed by atoms with Crippen molar-refractivity contribution in [3.8, 4) is 17.8 Å². The van der Waals surface area contributed by atoms with Gasteiger partial charge >= 0.3 is 6.01 Å². The third-order valence-electron chi connectivity index (χ3n) is 8.75. The molecule has 5 rings (SSSR count). The number of nitrogens with zero attached hydrogens (tertiary/aromatic N) is 6. The molecule has 0 spiro atoms. The molecule has 0 radical (unpaired) electrons. The lowest BCUT2D eigenvalue weighted by Crippen LogP contribution is -2.55. The summed E-state index contributed by atoms with van der Waals surface area (Å²) in [4.78, 5) is 42.2. The Morgan fingerprint density at radius 2 is 2.05 bits per heavy atom. The number of carbonyl (C=O) groups excluding carboxylic acids is 2. The number of carbonyl (C=O) groups is 2. The Labute approximate surface area is 253 Å². The highest BCUT2D eigenvalue weighted by Gasteiger charge is 2.35. The van der Waals surface area contributed by atoms with Crippen molar-refractivity contribution in [3.63, 3.8) is 0 Å². The second-order valence-corrected chi connectivity index (χ2v) is 11.3. The summed E-state index contributed by atoms with van der Waals surface area (Å²) in [5.74, 6) is 0.914. The lowest BCUT2D eigenvalue weighted by molar-refractivity contribution is -0.128. The molecule has 2 aromatic rings. The van der Waals surface area contributed by atoms with Gasteiger partial charge in [0.1, 0.15) is 30.0 Å². The first-order valence-corrected chi connectivity index (χ1v) is 15.0. The molecule has 1 amide bonds. The molecule has 11 nitrogen and oxygen atoms in total. The molecule has 0 aliphatic carbocycles. The number of rotatable bonds is 10. The first-order valence-electron chi connectivity index (χ1n) is 15.0. The third-order valence-corrected chi connectivity index (χ3v) is 8.75. The number of ether oxygens (including phenoxy) is 3. The van der Waals surface area contributed by atoms with Crippen LogP contribution < -0.4 is 14.4 Å². The van der Waals surface area contributed by atoms with E-state index in [9.17, 15) is 14.9 Å². The van der Waals surface area contributed by atoms with E-state index in [4.69, 9.17) is 24.2 Å². The van der Waals surface area contributed by atoms with E-state index in [-0.39, 0.29) is 36.2 Å². The molecule has 2 fully saturated rings. The fourth-order valence-electron chi connectivity index (χ4n) is 6.23. The average molecular weight is 589 g/mol. The molecule has 0 N–H and O–H groups in total. The Morgan fingerprint density at radius 3 is 2.74 bits per heavy atom. The number of ketones is 1. The van der Waals surface area contributed by atoms with Crippen LogP contribution in [-0.4, -0.2) is 96.6 Å². The highest BCUT2D eigenvalue weighted by molar-refractivity contribution is 6.00. The molecule has 0 bridgehead atoms. The molecule has 0 saturated carbocycles. The summed E-state index contributed by atoms with van der Waals surface area (Å²) in [6.07, 6.45) is 3.78. The van der Waals surface area contributed by atoms with Crippen LogP contribution >= 0.6 is 0 Å². The topological polar surface area (TPSA) is 121 Å². The number of methoxy groups -OCH3 is 1. The number of benzene rings is 1. The second kappa shape index (κ2) is 13.5. The first-order chi connectivity index (χ1) is 20.9.